The van der Waals surface area contributed by atoms with Crippen LogP contribution in [0.2, 0.25) is 0 Å². The Hall–Kier alpha value is -3.01. The summed E-state index contributed by atoms with van der Waals surface area (Å²) in [5.41, 5.74) is 0.926. The van der Waals surface area contributed by atoms with Crippen molar-refractivity contribution in [3.05, 3.63) is 17.7 Å². The third kappa shape index (κ3) is 6.74. The van der Waals surface area contributed by atoms with Crippen LogP contribution >= 0.6 is 0 Å². The minimum Gasteiger partial charge on any atom is -0.501 e. The smallest absolute Gasteiger partial charge is 0.490 e. The molecule has 1 aromatic heterocycles. The molecule has 4 rings (SSSR count). The van der Waals surface area contributed by atoms with E-state index < -0.39 is 12.1 Å². The van der Waals surface area contributed by atoms with Crippen LogP contribution in [-0.2, 0) is 9.53 Å². The first-order chi connectivity index (χ1) is 15.8. The molecule has 180 valence electrons. The van der Waals surface area contributed by atoms with Crippen LogP contribution < -0.4 is 5.32 Å². The second-order valence-electron chi connectivity index (χ2n) is 8.06. The van der Waals surface area contributed by atoms with Gasteiger partial charge in [0.25, 0.3) is 0 Å². The Labute approximate surface area is 188 Å². The molecule has 0 radical (unpaired) electrons. The van der Waals surface area contributed by atoms with Gasteiger partial charge in [0.15, 0.2) is 11.5 Å². The highest BCUT2D eigenvalue weighted by Gasteiger charge is 2.39. The highest BCUT2D eigenvalue weighted by molar-refractivity contribution is 5.73. The Morgan fingerprint density at radius 1 is 1.36 bits per heavy atom. The molecule has 1 saturated carbocycles. The summed E-state index contributed by atoms with van der Waals surface area (Å²) in [5, 5.41) is 31.7. The van der Waals surface area contributed by atoms with Gasteiger partial charge in [0.1, 0.15) is 0 Å². The zero-order valence-electron chi connectivity index (χ0n) is 18.0. The summed E-state index contributed by atoms with van der Waals surface area (Å²) in [5.74, 6) is 0.800. The molecule has 0 bridgehead atoms. The summed E-state index contributed by atoms with van der Waals surface area (Å²) in [6.07, 6.45) is 10.1. The van der Waals surface area contributed by atoms with E-state index in [0.717, 1.165) is 57.5 Å². The summed E-state index contributed by atoms with van der Waals surface area (Å²) in [4.78, 5) is 8.90. The summed E-state index contributed by atoms with van der Waals surface area (Å²) in [7, 11) is 0. The number of tetrazole rings is 1. The number of aromatic nitrogens is 4. The Morgan fingerprint density at radius 2 is 2.09 bits per heavy atom. The van der Waals surface area contributed by atoms with E-state index in [1.807, 2.05) is 10.9 Å². The van der Waals surface area contributed by atoms with Gasteiger partial charge in [-0.1, -0.05) is 0 Å². The molecule has 3 aliphatic rings. The third-order valence-electron chi connectivity index (χ3n) is 5.70. The van der Waals surface area contributed by atoms with Gasteiger partial charge in [0, 0.05) is 25.8 Å². The summed E-state index contributed by atoms with van der Waals surface area (Å²) >= 11 is 0. The second-order valence-corrected chi connectivity index (χ2v) is 8.06. The van der Waals surface area contributed by atoms with E-state index in [2.05, 4.69) is 37.0 Å². The van der Waals surface area contributed by atoms with Crippen LogP contribution in [0, 0.1) is 12.3 Å². The van der Waals surface area contributed by atoms with Crippen LogP contribution in [0.25, 0.3) is 0 Å². The van der Waals surface area contributed by atoms with Crippen molar-refractivity contribution in [2.24, 2.45) is 10.2 Å². The maximum Gasteiger partial charge on any atom is 0.490 e. The summed E-state index contributed by atoms with van der Waals surface area (Å²) < 4.78 is 39.3. The van der Waals surface area contributed by atoms with Crippen LogP contribution in [-0.4, -0.2) is 56.3 Å². The number of terminal acetylenes is 1. The number of alkyl halides is 3. The maximum absolute atomic E-state index is 10.6. The molecule has 1 unspecified atom stereocenters. The number of carboxylic acid groups (broad SMARTS) is 1. The molecule has 10 nitrogen and oxygen atoms in total. The van der Waals surface area contributed by atoms with Crippen molar-refractivity contribution in [3.8, 4) is 12.3 Å². The molecule has 1 aliphatic carbocycles. The number of carbonyl (C=O) groups is 1. The predicted octanol–water partition coefficient (Wildman–Crippen LogP) is 3.32. The first-order valence-corrected chi connectivity index (χ1v) is 10.7. The molecule has 1 atom stereocenters. The van der Waals surface area contributed by atoms with Crippen molar-refractivity contribution in [2.75, 3.05) is 13.2 Å². The average Bonchev–Trinajstić information content (AvgIpc) is 3.37. The van der Waals surface area contributed by atoms with E-state index in [0.29, 0.717) is 12.5 Å². The Morgan fingerprint density at radius 3 is 2.61 bits per heavy atom. The Balaban J connectivity index is 0.000000383. The molecule has 13 heteroatoms. The van der Waals surface area contributed by atoms with Crippen LogP contribution in [0.3, 0.4) is 0 Å². The Kier molecular flexibility index (Phi) is 8.01. The van der Waals surface area contributed by atoms with Crippen LogP contribution in [0.5, 0.6) is 0 Å². The van der Waals surface area contributed by atoms with E-state index in [1.54, 1.807) is 0 Å². The second kappa shape index (κ2) is 10.7. The standard InChI is InChI=1S/C18H25N7O.C2HF3O2/c1-2-3-9-18(21-22-18)10-11-19-16(14-6-5-12-26-13-14)17-20-23-24-25(17)15-7-4-8-15;3-2(4,5)1(6)7/h1,13,15-16,19H,3-12H2;(H,6,7). The molecule has 2 aliphatic heterocycles. The van der Waals surface area contributed by atoms with Crippen molar-refractivity contribution < 1.29 is 27.8 Å². The lowest BCUT2D eigenvalue weighted by molar-refractivity contribution is -0.192. The number of ether oxygens (including phenoxy) is 1. The third-order valence-corrected chi connectivity index (χ3v) is 5.70. The maximum atomic E-state index is 10.6. The fourth-order valence-corrected chi connectivity index (χ4v) is 3.55. The van der Waals surface area contributed by atoms with Crippen LogP contribution in [0.15, 0.2) is 22.1 Å². The van der Waals surface area contributed by atoms with Gasteiger partial charge >= 0.3 is 12.1 Å². The number of hydrogen-bond acceptors (Lipinski definition) is 8. The van der Waals surface area contributed by atoms with Crippen molar-refractivity contribution in [2.45, 2.75) is 75.3 Å². The molecule has 33 heavy (non-hydrogen) atoms. The molecular weight excluding hydrogens is 443 g/mol. The van der Waals surface area contributed by atoms with Gasteiger partial charge in [-0.05, 0) is 48.1 Å². The first-order valence-electron chi connectivity index (χ1n) is 10.7. The summed E-state index contributed by atoms with van der Waals surface area (Å²) in [6.45, 7) is 1.55. The number of rotatable bonds is 9. The van der Waals surface area contributed by atoms with Crippen LogP contribution in [0.1, 0.15) is 69.3 Å². The largest absolute Gasteiger partial charge is 0.501 e. The molecule has 0 amide bonds. The predicted molar refractivity (Wildman–Crippen MR) is 109 cm³/mol. The number of aliphatic carboxylic acids is 1. The molecule has 2 N–H and O–H groups in total. The Bertz CT molecular complexity index is 913. The van der Waals surface area contributed by atoms with Gasteiger partial charge < -0.3 is 15.2 Å². The molecule has 1 aromatic rings. The van der Waals surface area contributed by atoms with E-state index in [-0.39, 0.29) is 11.7 Å². The SMILES string of the molecule is C#CCCC1(CCNC(C2=COCCC2)c2nnnn2C2CCC2)N=N1.O=C(O)C(F)(F)F. The lowest BCUT2D eigenvalue weighted by Gasteiger charge is -2.29. The molecule has 0 spiro atoms. The normalized spacial score (nSPS) is 19.8. The van der Waals surface area contributed by atoms with Crippen LogP contribution in [0.4, 0.5) is 13.2 Å². The highest BCUT2D eigenvalue weighted by Crippen LogP contribution is 2.37. The van der Waals surface area contributed by atoms with Crippen molar-refractivity contribution in [3.63, 3.8) is 0 Å². The van der Waals surface area contributed by atoms with Crippen molar-refractivity contribution >= 4 is 5.97 Å². The van der Waals surface area contributed by atoms with E-state index in [4.69, 9.17) is 21.1 Å². The van der Waals surface area contributed by atoms with E-state index in [1.165, 1.54) is 12.0 Å². The molecule has 0 saturated heterocycles. The number of nitrogens with one attached hydrogen (secondary N) is 1. The lowest BCUT2D eigenvalue weighted by Crippen LogP contribution is -2.32. The topological polar surface area (TPSA) is 127 Å². The van der Waals surface area contributed by atoms with Gasteiger partial charge in [0.05, 0.1) is 25.0 Å². The van der Waals surface area contributed by atoms with Gasteiger partial charge in [-0.2, -0.15) is 23.4 Å². The molecule has 1 fully saturated rings. The van der Waals surface area contributed by atoms with E-state index in [9.17, 15) is 13.2 Å². The fourth-order valence-electron chi connectivity index (χ4n) is 3.55. The zero-order valence-corrected chi connectivity index (χ0v) is 18.0. The minimum absolute atomic E-state index is 0.0330. The fraction of sp³-hybridized carbons (Fsp3) is 0.700. The first kappa shape index (κ1) is 24.6. The van der Waals surface area contributed by atoms with Crippen molar-refractivity contribution in [1.82, 2.24) is 25.5 Å². The molecular formula is C20H26F3N7O3. The number of halogens is 3. The van der Waals surface area contributed by atoms with Crippen molar-refractivity contribution in [1.29, 1.82) is 0 Å². The molecule has 0 aromatic carbocycles. The van der Waals surface area contributed by atoms with Gasteiger partial charge in [-0.15, -0.1) is 17.4 Å². The molecule has 3 heterocycles. The number of hydrogen-bond donors (Lipinski definition) is 2. The van der Waals surface area contributed by atoms with E-state index >= 15 is 0 Å². The van der Waals surface area contributed by atoms with Gasteiger partial charge in [-0.3, -0.25) is 0 Å². The lowest BCUT2D eigenvalue weighted by atomic mass is 9.92. The number of nitrogens with zero attached hydrogens (tertiary/aromatic N) is 6. The minimum atomic E-state index is -5.08. The quantitative estimate of drug-likeness (QED) is 0.531. The summed E-state index contributed by atoms with van der Waals surface area (Å²) in [6, 6.07) is 0.388. The zero-order chi connectivity index (χ0) is 23.9. The highest BCUT2D eigenvalue weighted by atomic mass is 19.4. The van der Waals surface area contributed by atoms with Gasteiger partial charge in [0.2, 0.25) is 0 Å². The average molecular weight is 469 g/mol. The monoisotopic (exact) mass is 469 g/mol. The number of carboxylic acids is 1. The van der Waals surface area contributed by atoms with Gasteiger partial charge in [-0.25, -0.2) is 9.48 Å².